The summed E-state index contributed by atoms with van der Waals surface area (Å²) in [6, 6.07) is 5.02. The SMILES string of the molecule is Cc1cc2c(F)c(Oc3ncnn4cc(C=O)c(C)c34)ccc2[nH]1. The lowest BCUT2D eigenvalue weighted by molar-refractivity contribution is 0.112. The van der Waals surface area contributed by atoms with Gasteiger partial charge in [-0.25, -0.2) is 8.91 Å². The number of nitrogens with one attached hydrogen (secondary N) is 1. The summed E-state index contributed by atoms with van der Waals surface area (Å²) in [4.78, 5) is 18.3. The van der Waals surface area contributed by atoms with Crippen LogP contribution >= 0.6 is 0 Å². The van der Waals surface area contributed by atoms with Crippen molar-refractivity contribution in [3.63, 3.8) is 0 Å². The van der Waals surface area contributed by atoms with Crippen molar-refractivity contribution < 1.29 is 13.9 Å². The lowest BCUT2D eigenvalue weighted by atomic mass is 10.2. The summed E-state index contributed by atoms with van der Waals surface area (Å²) in [5, 5.41) is 4.51. The predicted octanol–water partition coefficient (Wildman–Crippen LogP) is 3.57. The van der Waals surface area contributed by atoms with Crippen LogP contribution in [-0.4, -0.2) is 25.9 Å². The summed E-state index contributed by atoms with van der Waals surface area (Å²) in [6.07, 6.45) is 3.62. The molecule has 3 aromatic heterocycles. The number of carbonyl (C=O) groups is 1. The Morgan fingerprint density at radius 3 is 2.96 bits per heavy atom. The van der Waals surface area contributed by atoms with Crippen molar-refractivity contribution in [3.8, 4) is 11.6 Å². The maximum absolute atomic E-state index is 14.7. The number of aromatic nitrogens is 4. The third kappa shape index (κ3) is 2.05. The first kappa shape index (κ1) is 14.4. The van der Waals surface area contributed by atoms with Crippen LogP contribution in [0.4, 0.5) is 4.39 Å². The van der Waals surface area contributed by atoms with Gasteiger partial charge in [-0.15, -0.1) is 0 Å². The van der Waals surface area contributed by atoms with Gasteiger partial charge in [0.25, 0.3) is 0 Å². The summed E-state index contributed by atoms with van der Waals surface area (Å²) in [7, 11) is 0. The van der Waals surface area contributed by atoms with Crippen molar-refractivity contribution >= 4 is 22.7 Å². The average Bonchev–Trinajstić information content (AvgIpc) is 3.11. The van der Waals surface area contributed by atoms with Crippen LogP contribution in [0.25, 0.3) is 16.4 Å². The van der Waals surface area contributed by atoms with Crippen LogP contribution in [0.5, 0.6) is 11.6 Å². The summed E-state index contributed by atoms with van der Waals surface area (Å²) in [5.74, 6) is -0.204. The fraction of sp³-hybridized carbons (Fsp3) is 0.118. The number of aldehydes is 1. The second kappa shape index (κ2) is 5.16. The van der Waals surface area contributed by atoms with Gasteiger partial charge >= 0.3 is 0 Å². The maximum Gasteiger partial charge on any atom is 0.247 e. The topological polar surface area (TPSA) is 72.3 Å². The van der Waals surface area contributed by atoms with Crippen molar-refractivity contribution in [2.75, 3.05) is 0 Å². The van der Waals surface area contributed by atoms with Crippen molar-refractivity contribution in [1.29, 1.82) is 0 Å². The molecule has 1 aromatic carbocycles. The van der Waals surface area contributed by atoms with Gasteiger partial charge in [0.2, 0.25) is 5.88 Å². The van der Waals surface area contributed by atoms with Crippen molar-refractivity contribution in [2.24, 2.45) is 0 Å². The molecule has 0 fully saturated rings. The van der Waals surface area contributed by atoms with Gasteiger partial charge in [-0.2, -0.15) is 10.1 Å². The highest BCUT2D eigenvalue weighted by atomic mass is 19.1. The monoisotopic (exact) mass is 324 g/mol. The van der Waals surface area contributed by atoms with Crippen molar-refractivity contribution in [1.82, 2.24) is 19.6 Å². The zero-order chi connectivity index (χ0) is 16.8. The Hall–Kier alpha value is -3.22. The molecule has 0 atom stereocenters. The molecule has 24 heavy (non-hydrogen) atoms. The maximum atomic E-state index is 14.7. The Kier molecular flexibility index (Phi) is 3.09. The highest BCUT2D eigenvalue weighted by Crippen LogP contribution is 2.32. The number of benzene rings is 1. The Morgan fingerprint density at radius 2 is 2.17 bits per heavy atom. The third-order valence-corrected chi connectivity index (χ3v) is 4.00. The molecule has 3 heterocycles. The van der Waals surface area contributed by atoms with E-state index >= 15 is 0 Å². The Labute approximate surface area is 135 Å². The Balaban J connectivity index is 1.86. The number of fused-ring (bicyclic) bond motifs is 2. The fourth-order valence-electron chi connectivity index (χ4n) is 2.81. The molecule has 0 aliphatic carbocycles. The standard InChI is InChI=1S/C17H13FN4O2/c1-9-5-12-13(21-9)3-4-14(15(12)18)24-17-16-10(2)11(7-23)6-22(16)20-8-19-17/h3-8,21H,1-2H3. The van der Waals surface area contributed by atoms with Gasteiger partial charge in [-0.05, 0) is 37.6 Å². The number of ether oxygens (including phenoxy) is 1. The molecule has 0 unspecified atom stereocenters. The molecule has 0 saturated carbocycles. The van der Waals surface area contributed by atoms with E-state index in [2.05, 4.69) is 15.1 Å². The average molecular weight is 324 g/mol. The van der Waals surface area contributed by atoms with E-state index in [1.807, 2.05) is 6.92 Å². The predicted molar refractivity (Wildman–Crippen MR) is 86.2 cm³/mol. The number of nitrogens with zero attached hydrogens (tertiary/aromatic N) is 3. The minimum absolute atomic E-state index is 0.0651. The molecule has 0 amide bonds. The summed E-state index contributed by atoms with van der Waals surface area (Å²) >= 11 is 0. The molecule has 0 aliphatic rings. The molecule has 0 radical (unpaired) electrons. The molecule has 1 N–H and O–H groups in total. The van der Waals surface area contributed by atoms with Crippen LogP contribution in [0.15, 0.2) is 30.7 Å². The third-order valence-electron chi connectivity index (χ3n) is 4.00. The molecular weight excluding hydrogens is 311 g/mol. The highest BCUT2D eigenvalue weighted by Gasteiger charge is 2.17. The van der Waals surface area contributed by atoms with E-state index in [0.717, 1.165) is 12.0 Å². The number of H-pyrrole nitrogens is 1. The second-order valence-electron chi connectivity index (χ2n) is 5.58. The molecule has 120 valence electrons. The van der Waals surface area contributed by atoms with Gasteiger partial charge < -0.3 is 9.72 Å². The fourth-order valence-corrected chi connectivity index (χ4v) is 2.81. The number of aryl methyl sites for hydroxylation is 2. The van der Waals surface area contributed by atoms with Crippen LogP contribution < -0.4 is 4.74 Å². The summed E-state index contributed by atoms with van der Waals surface area (Å²) in [6.45, 7) is 3.63. The van der Waals surface area contributed by atoms with E-state index in [1.54, 1.807) is 31.3 Å². The van der Waals surface area contributed by atoms with Crippen LogP contribution in [0.2, 0.25) is 0 Å². The van der Waals surface area contributed by atoms with Gasteiger partial charge in [0, 0.05) is 28.4 Å². The normalized spacial score (nSPS) is 11.3. The summed E-state index contributed by atoms with van der Waals surface area (Å²) in [5.41, 5.74) is 3.26. The first-order valence-electron chi connectivity index (χ1n) is 7.32. The van der Waals surface area contributed by atoms with Gasteiger partial charge in [0.15, 0.2) is 17.9 Å². The van der Waals surface area contributed by atoms with E-state index < -0.39 is 5.82 Å². The highest BCUT2D eigenvalue weighted by molar-refractivity contribution is 5.84. The molecule has 0 aliphatic heterocycles. The van der Waals surface area contributed by atoms with E-state index in [4.69, 9.17) is 4.74 Å². The van der Waals surface area contributed by atoms with Crippen LogP contribution in [0.1, 0.15) is 21.6 Å². The smallest absolute Gasteiger partial charge is 0.247 e. The number of hydrogen-bond donors (Lipinski definition) is 1. The van der Waals surface area contributed by atoms with Crippen molar-refractivity contribution in [3.05, 3.63) is 53.4 Å². The molecule has 4 rings (SSSR count). The molecule has 7 heteroatoms. The lowest BCUT2D eigenvalue weighted by Gasteiger charge is -2.08. The number of hydrogen-bond acceptors (Lipinski definition) is 4. The van der Waals surface area contributed by atoms with Crippen molar-refractivity contribution in [2.45, 2.75) is 13.8 Å². The Bertz CT molecular complexity index is 1100. The lowest BCUT2D eigenvalue weighted by Crippen LogP contribution is -1.98. The van der Waals surface area contributed by atoms with Crippen LogP contribution in [-0.2, 0) is 0 Å². The molecular formula is C17H13FN4O2. The molecule has 4 aromatic rings. The van der Waals surface area contributed by atoms with E-state index in [0.29, 0.717) is 27.5 Å². The number of rotatable bonds is 3. The zero-order valence-corrected chi connectivity index (χ0v) is 13.0. The second-order valence-corrected chi connectivity index (χ2v) is 5.58. The van der Waals surface area contributed by atoms with Gasteiger partial charge in [0.05, 0.1) is 0 Å². The Morgan fingerprint density at radius 1 is 1.33 bits per heavy atom. The van der Waals surface area contributed by atoms with Crippen LogP contribution in [0, 0.1) is 19.7 Å². The zero-order valence-electron chi connectivity index (χ0n) is 13.0. The minimum atomic E-state index is -0.464. The minimum Gasteiger partial charge on any atom is -0.434 e. The largest absolute Gasteiger partial charge is 0.434 e. The van der Waals surface area contributed by atoms with Gasteiger partial charge in [-0.3, -0.25) is 4.79 Å². The first-order valence-corrected chi connectivity index (χ1v) is 7.32. The molecule has 0 saturated heterocycles. The first-order chi connectivity index (χ1) is 11.6. The quantitative estimate of drug-likeness (QED) is 0.585. The number of carbonyl (C=O) groups excluding carboxylic acids is 1. The van der Waals surface area contributed by atoms with E-state index in [-0.39, 0.29) is 11.6 Å². The van der Waals surface area contributed by atoms with E-state index in [1.165, 1.54) is 10.8 Å². The summed E-state index contributed by atoms with van der Waals surface area (Å²) < 4.78 is 21.9. The van der Waals surface area contributed by atoms with E-state index in [9.17, 15) is 9.18 Å². The molecule has 6 nitrogen and oxygen atoms in total. The van der Waals surface area contributed by atoms with Crippen LogP contribution in [0.3, 0.4) is 0 Å². The molecule has 0 bridgehead atoms. The number of halogens is 1. The van der Waals surface area contributed by atoms with Gasteiger partial charge in [-0.1, -0.05) is 0 Å². The number of aromatic amines is 1. The van der Waals surface area contributed by atoms with Gasteiger partial charge in [0.1, 0.15) is 11.8 Å². The molecule has 0 spiro atoms.